The molecule has 1 fully saturated rings. The molecule has 0 heterocycles. The fourth-order valence-corrected chi connectivity index (χ4v) is 2.26. The molecule has 4 nitrogen and oxygen atoms in total. The normalized spacial score (nSPS) is 21.5. The van der Waals surface area contributed by atoms with Gasteiger partial charge in [0.2, 0.25) is 0 Å². The van der Waals surface area contributed by atoms with Gasteiger partial charge in [0.25, 0.3) is 0 Å². The van der Waals surface area contributed by atoms with Crippen molar-refractivity contribution in [3.63, 3.8) is 0 Å². The van der Waals surface area contributed by atoms with E-state index in [1.807, 2.05) is 6.92 Å². The lowest BCUT2D eigenvalue weighted by Crippen LogP contribution is -2.43. The highest BCUT2D eigenvalue weighted by atomic mass is 16.4. The lowest BCUT2D eigenvalue weighted by atomic mass is 9.87. The molecule has 0 spiro atoms. The molecule has 4 heteroatoms. The minimum Gasteiger partial charge on any atom is -0.480 e. The molecule has 88 valence electrons. The summed E-state index contributed by atoms with van der Waals surface area (Å²) in [5.41, 5.74) is -0.0666. The maximum Gasteiger partial charge on any atom is 0.320 e. The van der Waals surface area contributed by atoms with Crippen LogP contribution in [-0.4, -0.2) is 35.4 Å². The Hall–Kier alpha value is -0.610. The highest BCUT2D eigenvalue weighted by molar-refractivity contribution is 5.73. The van der Waals surface area contributed by atoms with Crippen molar-refractivity contribution >= 4 is 5.97 Å². The number of carboxylic acid groups (broad SMARTS) is 1. The van der Waals surface area contributed by atoms with Crippen LogP contribution < -0.4 is 5.32 Å². The third-order valence-corrected chi connectivity index (χ3v) is 3.43. The van der Waals surface area contributed by atoms with Gasteiger partial charge in [0.05, 0.1) is 0 Å². The Bertz CT molecular complexity index is 212. The van der Waals surface area contributed by atoms with E-state index >= 15 is 0 Å². The van der Waals surface area contributed by atoms with Crippen LogP contribution in [0, 0.1) is 5.41 Å². The van der Waals surface area contributed by atoms with E-state index in [9.17, 15) is 9.90 Å². The van der Waals surface area contributed by atoms with E-state index in [2.05, 4.69) is 5.32 Å². The summed E-state index contributed by atoms with van der Waals surface area (Å²) in [5.74, 6) is -0.802. The minimum atomic E-state index is -0.802. The van der Waals surface area contributed by atoms with Crippen LogP contribution in [0.3, 0.4) is 0 Å². The number of aliphatic carboxylic acids is 1. The van der Waals surface area contributed by atoms with Crippen molar-refractivity contribution in [2.24, 2.45) is 5.41 Å². The van der Waals surface area contributed by atoms with Crippen molar-refractivity contribution in [1.82, 2.24) is 5.32 Å². The van der Waals surface area contributed by atoms with E-state index in [4.69, 9.17) is 5.11 Å². The molecule has 0 bridgehead atoms. The van der Waals surface area contributed by atoms with Crippen LogP contribution in [0.5, 0.6) is 0 Å². The molecule has 1 saturated carbocycles. The third-order valence-electron chi connectivity index (χ3n) is 3.43. The van der Waals surface area contributed by atoms with Crippen LogP contribution in [0.4, 0.5) is 0 Å². The number of nitrogens with one attached hydrogen (secondary N) is 1. The van der Waals surface area contributed by atoms with E-state index in [0.717, 1.165) is 25.7 Å². The summed E-state index contributed by atoms with van der Waals surface area (Å²) < 4.78 is 0. The van der Waals surface area contributed by atoms with E-state index in [1.54, 1.807) is 0 Å². The van der Waals surface area contributed by atoms with Gasteiger partial charge in [0.1, 0.15) is 6.04 Å². The van der Waals surface area contributed by atoms with Gasteiger partial charge in [-0.2, -0.15) is 0 Å². The summed E-state index contributed by atoms with van der Waals surface area (Å²) >= 11 is 0. The molecule has 0 aromatic heterocycles. The van der Waals surface area contributed by atoms with Crippen LogP contribution in [0.2, 0.25) is 0 Å². The SMILES string of the molecule is CCC(NCC1(CO)CCCC1)C(=O)O. The Labute approximate surface area is 90.7 Å². The molecule has 15 heavy (non-hydrogen) atoms. The zero-order valence-corrected chi connectivity index (χ0v) is 9.33. The minimum absolute atomic E-state index is 0.0666. The third kappa shape index (κ3) is 3.18. The summed E-state index contributed by atoms with van der Waals surface area (Å²) in [6, 6.07) is -0.478. The number of carboxylic acids is 1. The van der Waals surface area contributed by atoms with Gasteiger partial charge in [-0.25, -0.2) is 0 Å². The maximum absolute atomic E-state index is 10.8. The molecule has 0 radical (unpaired) electrons. The first-order valence-electron chi connectivity index (χ1n) is 5.70. The Balaban J connectivity index is 2.42. The van der Waals surface area contributed by atoms with Gasteiger partial charge in [-0.3, -0.25) is 4.79 Å². The van der Waals surface area contributed by atoms with Gasteiger partial charge in [-0.1, -0.05) is 19.8 Å². The molecule has 1 unspecified atom stereocenters. The van der Waals surface area contributed by atoms with Crippen molar-refractivity contribution in [3.8, 4) is 0 Å². The van der Waals surface area contributed by atoms with Crippen LogP contribution in [0.15, 0.2) is 0 Å². The molecular formula is C11H21NO3. The van der Waals surface area contributed by atoms with Crippen molar-refractivity contribution in [3.05, 3.63) is 0 Å². The number of aliphatic hydroxyl groups is 1. The molecule has 0 saturated heterocycles. The number of aliphatic hydroxyl groups excluding tert-OH is 1. The van der Waals surface area contributed by atoms with Crippen molar-refractivity contribution in [1.29, 1.82) is 0 Å². The average Bonchev–Trinajstić information content (AvgIpc) is 2.68. The van der Waals surface area contributed by atoms with Crippen LogP contribution >= 0.6 is 0 Å². The smallest absolute Gasteiger partial charge is 0.320 e. The zero-order chi connectivity index (χ0) is 11.3. The summed E-state index contributed by atoms with van der Waals surface area (Å²) in [7, 11) is 0. The Morgan fingerprint density at radius 3 is 2.47 bits per heavy atom. The molecule has 0 amide bonds. The predicted octanol–water partition coefficient (Wildman–Crippen LogP) is 0.992. The quantitative estimate of drug-likeness (QED) is 0.618. The fourth-order valence-electron chi connectivity index (χ4n) is 2.26. The second kappa shape index (κ2) is 5.47. The summed E-state index contributed by atoms with van der Waals surface area (Å²) in [4.78, 5) is 10.8. The number of carbonyl (C=O) groups is 1. The van der Waals surface area contributed by atoms with Gasteiger partial charge in [-0.15, -0.1) is 0 Å². The topological polar surface area (TPSA) is 69.6 Å². The Kier molecular flexibility index (Phi) is 4.54. The average molecular weight is 215 g/mol. The number of rotatable bonds is 6. The van der Waals surface area contributed by atoms with Gasteiger partial charge >= 0.3 is 5.97 Å². The molecule has 0 aromatic rings. The summed E-state index contributed by atoms with van der Waals surface area (Å²) in [6.45, 7) is 2.64. The largest absolute Gasteiger partial charge is 0.480 e. The second-order valence-electron chi connectivity index (χ2n) is 4.55. The fraction of sp³-hybridized carbons (Fsp3) is 0.909. The monoisotopic (exact) mass is 215 g/mol. The Morgan fingerprint density at radius 2 is 2.07 bits per heavy atom. The lowest BCUT2D eigenvalue weighted by Gasteiger charge is -2.28. The predicted molar refractivity (Wildman–Crippen MR) is 57.7 cm³/mol. The van der Waals surface area contributed by atoms with E-state index in [1.165, 1.54) is 0 Å². The summed E-state index contributed by atoms with van der Waals surface area (Å²) in [6.07, 6.45) is 4.88. The molecule has 1 atom stereocenters. The van der Waals surface area contributed by atoms with E-state index < -0.39 is 12.0 Å². The molecule has 1 rings (SSSR count). The molecule has 0 aromatic carbocycles. The second-order valence-corrected chi connectivity index (χ2v) is 4.55. The molecule has 0 aliphatic heterocycles. The molecule has 1 aliphatic carbocycles. The first kappa shape index (κ1) is 12.5. The van der Waals surface area contributed by atoms with Crippen molar-refractivity contribution in [2.45, 2.75) is 45.1 Å². The van der Waals surface area contributed by atoms with Crippen LogP contribution in [-0.2, 0) is 4.79 Å². The Morgan fingerprint density at radius 1 is 1.47 bits per heavy atom. The molecule has 1 aliphatic rings. The first-order valence-corrected chi connectivity index (χ1v) is 5.70. The highest BCUT2D eigenvalue weighted by Gasteiger charge is 2.33. The van der Waals surface area contributed by atoms with Crippen LogP contribution in [0.1, 0.15) is 39.0 Å². The van der Waals surface area contributed by atoms with Gasteiger partial charge in [0.15, 0.2) is 0 Å². The molecular weight excluding hydrogens is 194 g/mol. The first-order chi connectivity index (χ1) is 7.13. The highest BCUT2D eigenvalue weighted by Crippen LogP contribution is 2.36. The number of hydrogen-bond donors (Lipinski definition) is 3. The summed E-state index contributed by atoms with van der Waals surface area (Å²) in [5, 5.41) is 21.3. The standard InChI is InChI=1S/C11H21NO3/c1-2-9(10(14)15)12-7-11(8-13)5-3-4-6-11/h9,12-13H,2-8H2,1H3,(H,14,15). The van der Waals surface area contributed by atoms with Gasteiger partial charge < -0.3 is 15.5 Å². The van der Waals surface area contributed by atoms with Gasteiger partial charge in [0, 0.05) is 18.6 Å². The molecule has 3 N–H and O–H groups in total. The van der Waals surface area contributed by atoms with E-state index in [0.29, 0.717) is 13.0 Å². The maximum atomic E-state index is 10.8. The van der Waals surface area contributed by atoms with E-state index in [-0.39, 0.29) is 12.0 Å². The lowest BCUT2D eigenvalue weighted by molar-refractivity contribution is -0.139. The number of hydrogen-bond acceptors (Lipinski definition) is 3. The zero-order valence-electron chi connectivity index (χ0n) is 9.33. The van der Waals surface area contributed by atoms with Crippen LogP contribution in [0.25, 0.3) is 0 Å². The van der Waals surface area contributed by atoms with Crippen molar-refractivity contribution < 1.29 is 15.0 Å². The van der Waals surface area contributed by atoms with Crippen molar-refractivity contribution in [2.75, 3.05) is 13.2 Å². The van der Waals surface area contributed by atoms with Gasteiger partial charge in [-0.05, 0) is 19.3 Å².